The molecule has 168 valence electrons. The second-order valence-electron chi connectivity index (χ2n) is 7.09. The van der Waals surface area contributed by atoms with Gasteiger partial charge >= 0.3 is 11.9 Å². The zero-order valence-electron chi connectivity index (χ0n) is 18.3. The highest BCUT2D eigenvalue weighted by molar-refractivity contribution is 5.99. The number of esters is 2. The van der Waals surface area contributed by atoms with Gasteiger partial charge in [-0.05, 0) is 39.8 Å². The van der Waals surface area contributed by atoms with Gasteiger partial charge in [0.2, 0.25) is 0 Å². The van der Waals surface area contributed by atoms with E-state index in [0.717, 1.165) is 0 Å². The fraction of sp³-hybridized carbons (Fsp3) is 0.304. The molecule has 9 nitrogen and oxygen atoms in total. The van der Waals surface area contributed by atoms with Crippen LogP contribution in [-0.4, -0.2) is 30.1 Å². The lowest BCUT2D eigenvalue weighted by Gasteiger charge is -2.28. The Bertz CT molecular complexity index is 1090. The van der Waals surface area contributed by atoms with Crippen molar-refractivity contribution < 1.29 is 28.4 Å². The van der Waals surface area contributed by atoms with Crippen LogP contribution in [0.1, 0.15) is 39.4 Å². The van der Waals surface area contributed by atoms with Crippen molar-refractivity contribution in [1.82, 2.24) is 5.32 Å². The molecule has 2 aromatic rings. The normalized spacial score (nSPS) is 14.2. The number of rotatable bonds is 7. The van der Waals surface area contributed by atoms with Gasteiger partial charge in [0.05, 0.1) is 35.2 Å². The number of nitro benzene ring substituents is 1. The van der Waals surface area contributed by atoms with Crippen molar-refractivity contribution in [2.24, 2.45) is 0 Å². The van der Waals surface area contributed by atoms with Crippen molar-refractivity contribution in [3.05, 3.63) is 74.8 Å². The minimum atomic E-state index is -0.859. The molecule has 1 aliphatic heterocycles. The summed E-state index contributed by atoms with van der Waals surface area (Å²) < 4.78 is 16.5. The minimum absolute atomic E-state index is 0.0757. The third kappa shape index (κ3) is 4.41. The van der Waals surface area contributed by atoms with E-state index in [0.29, 0.717) is 28.5 Å². The molecular weight excluding hydrogens is 416 g/mol. The van der Waals surface area contributed by atoms with Crippen molar-refractivity contribution in [2.45, 2.75) is 33.6 Å². The number of ether oxygens (including phenoxy) is 2. The van der Waals surface area contributed by atoms with Crippen LogP contribution in [0.3, 0.4) is 0 Å². The van der Waals surface area contributed by atoms with Crippen molar-refractivity contribution in [2.75, 3.05) is 13.2 Å². The lowest BCUT2D eigenvalue weighted by atomic mass is 9.83. The summed E-state index contributed by atoms with van der Waals surface area (Å²) in [6, 6.07) is 9.30. The van der Waals surface area contributed by atoms with Crippen LogP contribution in [0.4, 0.5) is 5.69 Å². The molecule has 0 unspecified atom stereocenters. The van der Waals surface area contributed by atoms with Crippen LogP contribution in [0.25, 0.3) is 11.3 Å². The third-order valence-electron chi connectivity index (χ3n) is 5.00. The summed E-state index contributed by atoms with van der Waals surface area (Å²) in [5, 5.41) is 14.2. The van der Waals surface area contributed by atoms with Crippen LogP contribution in [0, 0.1) is 10.1 Å². The number of hydrogen-bond donors (Lipinski definition) is 1. The Hall–Kier alpha value is -3.88. The van der Waals surface area contributed by atoms with E-state index < -0.39 is 22.8 Å². The van der Waals surface area contributed by atoms with Gasteiger partial charge in [0, 0.05) is 29.1 Å². The fourth-order valence-electron chi connectivity index (χ4n) is 3.67. The average molecular weight is 440 g/mol. The number of nitrogens with zero attached hydrogens (tertiary/aromatic N) is 1. The molecule has 0 amide bonds. The van der Waals surface area contributed by atoms with E-state index >= 15 is 0 Å². The Labute approximate surface area is 184 Å². The van der Waals surface area contributed by atoms with Gasteiger partial charge in [-0.15, -0.1) is 0 Å². The Balaban J connectivity index is 2.12. The number of dihydropyridines is 1. The largest absolute Gasteiger partial charge is 0.463 e. The van der Waals surface area contributed by atoms with Crippen molar-refractivity contribution >= 4 is 17.6 Å². The van der Waals surface area contributed by atoms with Gasteiger partial charge in [-0.25, -0.2) is 9.59 Å². The number of hydrogen-bond acceptors (Lipinski definition) is 8. The second kappa shape index (κ2) is 9.51. The molecule has 9 heteroatoms. The van der Waals surface area contributed by atoms with Crippen LogP contribution in [0.2, 0.25) is 0 Å². The highest BCUT2D eigenvalue weighted by atomic mass is 16.6. The molecule has 32 heavy (non-hydrogen) atoms. The standard InChI is InChI=1S/C23H24N2O7/c1-5-30-22(26)19-13(3)24-14(4)20(23(27)31-6-2)21(19)18-11-10-17(32-18)15-8-7-9-16(12-15)25(28)29/h7-12,21,24H,5-6H2,1-4H3. The zero-order chi connectivity index (χ0) is 23.4. The average Bonchev–Trinajstić information content (AvgIpc) is 3.23. The lowest BCUT2D eigenvalue weighted by molar-refractivity contribution is -0.384. The summed E-state index contributed by atoms with van der Waals surface area (Å²) in [6.07, 6.45) is 0. The number of furan rings is 1. The quantitative estimate of drug-likeness (QED) is 0.386. The predicted octanol–water partition coefficient (Wildman–Crippen LogP) is 4.22. The Morgan fingerprint density at radius 3 is 2.16 bits per heavy atom. The van der Waals surface area contributed by atoms with E-state index in [1.165, 1.54) is 12.1 Å². The monoisotopic (exact) mass is 440 g/mol. The molecule has 0 bridgehead atoms. The fourth-order valence-corrected chi connectivity index (χ4v) is 3.67. The molecule has 1 aromatic carbocycles. The maximum absolute atomic E-state index is 12.8. The van der Waals surface area contributed by atoms with Crippen LogP contribution >= 0.6 is 0 Å². The maximum Gasteiger partial charge on any atom is 0.336 e. The minimum Gasteiger partial charge on any atom is -0.463 e. The number of nitrogens with one attached hydrogen (secondary N) is 1. The summed E-state index contributed by atoms with van der Waals surface area (Å²) in [5.41, 5.74) is 1.96. The molecule has 0 saturated heterocycles. The molecule has 0 spiro atoms. The van der Waals surface area contributed by atoms with Gasteiger partial charge in [-0.2, -0.15) is 0 Å². The highest BCUT2D eigenvalue weighted by Gasteiger charge is 2.39. The summed E-state index contributed by atoms with van der Waals surface area (Å²) in [7, 11) is 0. The van der Waals surface area contributed by atoms with E-state index in [-0.39, 0.29) is 30.0 Å². The first kappa shape index (κ1) is 22.8. The summed E-state index contributed by atoms with van der Waals surface area (Å²) in [6.45, 7) is 7.15. The number of allylic oxidation sites excluding steroid dienone is 2. The molecule has 0 radical (unpaired) electrons. The molecule has 3 rings (SSSR count). The van der Waals surface area contributed by atoms with Gasteiger partial charge in [-0.3, -0.25) is 10.1 Å². The summed E-state index contributed by atoms with van der Waals surface area (Å²) in [4.78, 5) is 36.3. The van der Waals surface area contributed by atoms with Gasteiger partial charge in [-0.1, -0.05) is 12.1 Å². The molecule has 2 heterocycles. The van der Waals surface area contributed by atoms with E-state index in [1.54, 1.807) is 52.0 Å². The smallest absolute Gasteiger partial charge is 0.336 e. The Morgan fingerprint density at radius 1 is 1.03 bits per heavy atom. The molecular formula is C23H24N2O7. The van der Waals surface area contributed by atoms with Crippen LogP contribution in [0.5, 0.6) is 0 Å². The molecule has 0 aliphatic carbocycles. The molecule has 1 N–H and O–H groups in total. The van der Waals surface area contributed by atoms with Crippen LogP contribution < -0.4 is 5.32 Å². The van der Waals surface area contributed by atoms with Crippen LogP contribution in [0.15, 0.2) is 63.4 Å². The van der Waals surface area contributed by atoms with Gasteiger partial charge in [0.15, 0.2) is 0 Å². The molecule has 0 atom stereocenters. The first-order chi connectivity index (χ1) is 15.3. The van der Waals surface area contributed by atoms with E-state index in [9.17, 15) is 19.7 Å². The Morgan fingerprint density at radius 2 is 1.62 bits per heavy atom. The number of non-ortho nitro benzene ring substituents is 1. The Kier molecular flexibility index (Phi) is 6.77. The summed E-state index contributed by atoms with van der Waals surface area (Å²) >= 11 is 0. The highest BCUT2D eigenvalue weighted by Crippen LogP contribution is 2.41. The van der Waals surface area contributed by atoms with Crippen LogP contribution in [-0.2, 0) is 19.1 Å². The number of nitro groups is 1. The molecule has 0 fully saturated rings. The molecule has 1 aromatic heterocycles. The van der Waals surface area contributed by atoms with Crippen molar-refractivity contribution in [1.29, 1.82) is 0 Å². The predicted molar refractivity (Wildman–Crippen MR) is 115 cm³/mol. The summed E-state index contributed by atoms with van der Waals surface area (Å²) in [5.74, 6) is -1.33. The van der Waals surface area contributed by atoms with E-state index in [1.807, 2.05) is 0 Å². The van der Waals surface area contributed by atoms with Crippen molar-refractivity contribution in [3.63, 3.8) is 0 Å². The molecule has 0 saturated carbocycles. The third-order valence-corrected chi connectivity index (χ3v) is 5.00. The lowest BCUT2D eigenvalue weighted by Crippen LogP contribution is -2.32. The topological polar surface area (TPSA) is 121 Å². The van der Waals surface area contributed by atoms with Gasteiger partial charge < -0.3 is 19.2 Å². The number of benzene rings is 1. The zero-order valence-corrected chi connectivity index (χ0v) is 18.3. The first-order valence-electron chi connectivity index (χ1n) is 10.2. The van der Waals surface area contributed by atoms with E-state index in [2.05, 4.69) is 5.32 Å². The molecule has 1 aliphatic rings. The first-order valence-corrected chi connectivity index (χ1v) is 10.2. The van der Waals surface area contributed by atoms with Crippen molar-refractivity contribution in [3.8, 4) is 11.3 Å². The van der Waals surface area contributed by atoms with Gasteiger partial charge in [0.25, 0.3) is 5.69 Å². The number of carbonyl (C=O) groups is 2. The van der Waals surface area contributed by atoms with Gasteiger partial charge in [0.1, 0.15) is 11.5 Å². The SMILES string of the molecule is CCOC(=O)C1=C(C)NC(C)=C(C(=O)OCC)C1c1ccc(-c2cccc([N+](=O)[O-])c2)o1. The van der Waals surface area contributed by atoms with E-state index in [4.69, 9.17) is 13.9 Å². The maximum atomic E-state index is 12.8. The second-order valence-corrected chi connectivity index (χ2v) is 7.09. The number of carbonyl (C=O) groups excluding carboxylic acids is 2.